The second-order valence-electron chi connectivity index (χ2n) is 8.92. The van der Waals surface area contributed by atoms with Crippen molar-refractivity contribution in [2.75, 3.05) is 11.4 Å². The van der Waals surface area contributed by atoms with Gasteiger partial charge in [-0.25, -0.2) is 0 Å². The third-order valence-corrected chi connectivity index (χ3v) is 5.90. The molecule has 176 valence electrons. The lowest BCUT2D eigenvalue weighted by molar-refractivity contribution is 0.100. The van der Waals surface area contributed by atoms with Gasteiger partial charge < -0.3 is 15.1 Å². The second kappa shape index (κ2) is 10.1. The molecule has 1 heterocycles. The van der Waals surface area contributed by atoms with Crippen molar-refractivity contribution >= 4 is 51.7 Å². The molecule has 1 amide bonds. The summed E-state index contributed by atoms with van der Waals surface area (Å²) in [6.45, 7) is 6.80. The van der Waals surface area contributed by atoms with Crippen LogP contribution in [0.2, 0.25) is 5.02 Å². The Morgan fingerprint density at radius 3 is 2.40 bits per heavy atom. The fourth-order valence-electron chi connectivity index (χ4n) is 3.99. The largest absolute Gasteiger partial charge is 0.439 e. The molecule has 0 unspecified atom stereocenters. The predicted molar refractivity (Wildman–Crippen MR) is 143 cm³/mol. The molecule has 0 spiro atoms. The van der Waals surface area contributed by atoms with Crippen LogP contribution in [-0.2, 0) is 0 Å². The highest BCUT2D eigenvalue weighted by atomic mass is 35.5. The monoisotopic (exact) mass is 483 g/mol. The molecule has 3 aromatic carbocycles. The van der Waals surface area contributed by atoms with Crippen molar-refractivity contribution in [2.45, 2.75) is 20.8 Å². The van der Waals surface area contributed by atoms with E-state index in [0.29, 0.717) is 39.6 Å². The number of furan rings is 1. The summed E-state index contributed by atoms with van der Waals surface area (Å²) in [5.41, 5.74) is 10.9. The number of fused-ring (bicyclic) bond motifs is 1. The van der Waals surface area contributed by atoms with Crippen molar-refractivity contribution in [1.29, 1.82) is 5.26 Å². The average molecular weight is 484 g/mol. The quantitative estimate of drug-likeness (QED) is 0.220. The molecule has 4 rings (SSSR count). The van der Waals surface area contributed by atoms with E-state index in [1.165, 1.54) is 5.56 Å². The summed E-state index contributed by atoms with van der Waals surface area (Å²) in [4.78, 5) is 14.4. The summed E-state index contributed by atoms with van der Waals surface area (Å²) in [6.07, 6.45) is 1.87. The van der Waals surface area contributed by atoms with Gasteiger partial charge in [-0.3, -0.25) is 4.79 Å². The van der Waals surface area contributed by atoms with Crippen molar-refractivity contribution in [3.8, 4) is 6.07 Å². The minimum atomic E-state index is -0.584. The molecule has 5 nitrogen and oxygen atoms in total. The molecule has 0 atom stereocenters. The number of rotatable bonds is 7. The number of hydrogen-bond acceptors (Lipinski definition) is 4. The van der Waals surface area contributed by atoms with Gasteiger partial charge in [0.05, 0.1) is 11.6 Å². The topological polar surface area (TPSA) is 83.3 Å². The molecule has 0 aliphatic heterocycles. The average Bonchev–Trinajstić information content (AvgIpc) is 3.21. The van der Waals surface area contributed by atoms with Crippen LogP contribution in [0.3, 0.4) is 0 Å². The number of nitriles is 1. The van der Waals surface area contributed by atoms with Crippen molar-refractivity contribution in [3.63, 3.8) is 0 Å². The number of carbonyl (C=O) groups is 1. The highest BCUT2D eigenvalue weighted by Crippen LogP contribution is 2.38. The third kappa shape index (κ3) is 5.24. The molecule has 0 saturated heterocycles. The molecule has 0 radical (unpaired) electrons. The van der Waals surface area contributed by atoms with Crippen LogP contribution < -0.4 is 10.6 Å². The maximum atomic E-state index is 12.5. The van der Waals surface area contributed by atoms with Crippen LogP contribution in [0.1, 0.15) is 40.9 Å². The van der Waals surface area contributed by atoms with E-state index in [1.807, 2.05) is 66.4 Å². The van der Waals surface area contributed by atoms with E-state index in [4.69, 9.17) is 21.8 Å². The maximum absolute atomic E-state index is 12.5. The molecule has 0 aliphatic carbocycles. The van der Waals surface area contributed by atoms with E-state index < -0.39 is 5.91 Å². The first-order valence-corrected chi connectivity index (χ1v) is 11.7. The highest BCUT2D eigenvalue weighted by molar-refractivity contribution is 6.31. The molecule has 0 fully saturated rings. The Hall–Kier alpha value is -4.01. The Morgan fingerprint density at radius 1 is 1.11 bits per heavy atom. The van der Waals surface area contributed by atoms with Gasteiger partial charge in [0.25, 0.3) is 5.91 Å². The lowest BCUT2D eigenvalue weighted by Gasteiger charge is -2.25. The van der Waals surface area contributed by atoms with Crippen LogP contribution in [0.5, 0.6) is 0 Å². The van der Waals surface area contributed by atoms with Gasteiger partial charge in [-0.1, -0.05) is 67.4 Å². The lowest BCUT2D eigenvalue weighted by Crippen LogP contribution is -2.25. The molecule has 2 N–H and O–H groups in total. The van der Waals surface area contributed by atoms with Gasteiger partial charge in [-0.15, -0.1) is 0 Å². The van der Waals surface area contributed by atoms with Crippen molar-refractivity contribution in [3.05, 3.63) is 94.0 Å². The Kier molecular flexibility index (Phi) is 6.95. The second-order valence-corrected chi connectivity index (χ2v) is 9.36. The molecule has 0 aliphatic rings. The zero-order valence-electron chi connectivity index (χ0n) is 19.9. The standard InChI is InChI=1S/C29H26ClN3O2/c1-18(2)17-33(29-27(28(32)34)25-15-23(30)10-13-26(25)35-29)24-11-8-21(9-12-24)22(16-31)14-20-6-4-19(3)5-7-20/h4-15,18H,17H2,1-3H3,(H2,32,34)/b22-14+. The van der Waals surface area contributed by atoms with Crippen molar-refractivity contribution in [1.82, 2.24) is 0 Å². The molecule has 6 heteroatoms. The molecule has 0 bridgehead atoms. The van der Waals surface area contributed by atoms with E-state index in [0.717, 1.165) is 16.8 Å². The van der Waals surface area contributed by atoms with Gasteiger partial charge in [0.2, 0.25) is 5.88 Å². The van der Waals surface area contributed by atoms with Crippen LogP contribution in [0.25, 0.3) is 22.6 Å². The van der Waals surface area contributed by atoms with Crippen molar-refractivity contribution in [2.24, 2.45) is 11.7 Å². The normalized spacial score (nSPS) is 11.6. The van der Waals surface area contributed by atoms with Gasteiger partial charge in [-0.05, 0) is 60.4 Å². The summed E-state index contributed by atoms with van der Waals surface area (Å²) >= 11 is 6.17. The van der Waals surface area contributed by atoms with Gasteiger partial charge in [0.1, 0.15) is 11.1 Å². The number of aryl methyl sites for hydroxylation is 1. The number of primary amides is 1. The highest BCUT2D eigenvalue weighted by Gasteiger charge is 2.25. The van der Waals surface area contributed by atoms with E-state index in [-0.39, 0.29) is 5.92 Å². The Morgan fingerprint density at radius 2 is 1.80 bits per heavy atom. The van der Waals surface area contributed by atoms with Gasteiger partial charge in [-0.2, -0.15) is 5.26 Å². The van der Waals surface area contributed by atoms with Crippen LogP contribution >= 0.6 is 11.6 Å². The van der Waals surface area contributed by atoms with Gasteiger partial charge >= 0.3 is 0 Å². The van der Waals surface area contributed by atoms with Gasteiger partial charge in [0, 0.05) is 22.6 Å². The minimum absolute atomic E-state index is 0.267. The summed E-state index contributed by atoms with van der Waals surface area (Å²) < 4.78 is 6.12. The van der Waals surface area contributed by atoms with Crippen LogP contribution in [0.15, 0.2) is 71.1 Å². The third-order valence-electron chi connectivity index (χ3n) is 5.67. The lowest BCUT2D eigenvalue weighted by atomic mass is 10.0. The van der Waals surface area contributed by atoms with Crippen molar-refractivity contribution < 1.29 is 9.21 Å². The summed E-state index contributed by atoms with van der Waals surface area (Å²) in [5, 5.41) is 10.8. The van der Waals surface area contributed by atoms with E-state index in [1.54, 1.807) is 18.2 Å². The molecular formula is C29H26ClN3O2. The first-order valence-electron chi connectivity index (χ1n) is 11.3. The number of nitrogens with zero attached hydrogens (tertiary/aromatic N) is 2. The SMILES string of the molecule is Cc1ccc(/C=C(\C#N)c2ccc(N(CC(C)C)c3oc4ccc(Cl)cc4c3C(N)=O)cc2)cc1. The smallest absolute Gasteiger partial charge is 0.254 e. The Labute approximate surface area is 210 Å². The van der Waals surface area contributed by atoms with Gasteiger partial charge in [0.15, 0.2) is 0 Å². The fraction of sp³-hybridized carbons (Fsp3) is 0.172. The summed E-state index contributed by atoms with van der Waals surface area (Å²) in [5.74, 6) is 0.0643. The molecule has 1 aromatic heterocycles. The number of halogens is 1. The maximum Gasteiger partial charge on any atom is 0.254 e. The number of anilines is 2. The van der Waals surface area contributed by atoms with Crippen LogP contribution in [-0.4, -0.2) is 12.5 Å². The molecule has 35 heavy (non-hydrogen) atoms. The number of hydrogen-bond donors (Lipinski definition) is 1. The summed E-state index contributed by atoms with van der Waals surface area (Å²) in [6, 6.07) is 23.1. The summed E-state index contributed by atoms with van der Waals surface area (Å²) in [7, 11) is 0. The number of amides is 1. The first-order chi connectivity index (χ1) is 16.8. The molecule has 4 aromatic rings. The Bertz CT molecular complexity index is 1440. The van der Waals surface area contributed by atoms with E-state index in [9.17, 15) is 10.1 Å². The van der Waals surface area contributed by atoms with E-state index >= 15 is 0 Å². The number of allylic oxidation sites excluding steroid dienone is 1. The number of benzene rings is 3. The van der Waals surface area contributed by atoms with E-state index in [2.05, 4.69) is 19.9 Å². The number of carbonyl (C=O) groups excluding carboxylic acids is 1. The minimum Gasteiger partial charge on any atom is -0.439 e. The first kappa shape index (κ1) is 24.1. The zero-order valence-corrected chi connectivity index (χ0v) is 20.6. The zero-order chi connectivity index (χ0) is 25.1. The van der Waals surface area contributed by atoms with Crippen LogP contribution in [0, 0.1) is 24.2 Å². The molecular weight excluding hydrogens is 458 g/mol. The Balaban J connectivity index is 1.76. The predicted octanol–water partition coefficient (Wildman–Crippen LogP) is 7.35. The van der Waals surface area contributed by atoms with Crippen LogP contribution in [0.4, 0.5) is 11.6 Å². The fourth-order valence-corrected chi connectivity index (χ4v) is 4.16. The molecule has 0 saturated carbocycles. The number of nitrogens with two attached hydrogens (primary N) is 1.